The highest BCUT2D eigenvalue weighted by molar-refractivity contribution is 7.90. The van der Waals surface area contributed by atoms with Crippen LogP contribution in [-0.2, 0) is 21.8 Å². The number of benzene rings is 1. The highest BCUT2D eigenvalue weighted by Gasteiger charge is 2.26. The van der Waals surface area contributed by atoms with E-state index in [9.17, 15) is 8.42 Å². The van der Waals surface area contributed by atoms with Crippen molar-refractivity contribution in [2.75, 3.05) is 20.3 Å². The Labute approximate surface area is 206 Å². The normalized spacial score (nSPS) is 18.8. The number of hydrogen-bond donors (Lipinski definition) is 1. The molecule has 0 aliphatic heterocycles. The minimum absolute atomic E-state index is 0.236. The Morgan fingerprint density at radius 2 is 1.86 bits per heavy atom. The van der Waals surface area contributed by atoms with Crippen LogP contribution in [0.1, 0.15) is 37.2 Å². The molecule has 0 saturated heterocycles. The molecule has 1 aliphatic rings. The number of ether oxygens (including phenoxy) is 1. The molecule has 0 radical (unpaired) electrons. The quantitative estimate of drug-likeness (QED) is 0.374. The summed E-state index contributed by atoms with van der Waals surface area (Å²) in [5.74, 6) is 0.406. The Balaban J connectivity index is 1.51. The third-order valence-electron chi connectivity index (χ3n) is 6.89. The molecule has 3 heterocycles. The standard InChI is InChI=1S/C26H31N5O3S/c1-30-17-21(16-29-30)25-18-31(35(32,33)23-6-4-3-5-7-23)26-24(25)14-20(15-28-26)19-8-10-22(11-9-19)27-12-13-34-2/h3-7,14-19,22,27H,8-13H2,1-2H3/t19-,22+. The van der Waals surface area contributed by atoms with E-state index in [2.05, 4.69) is 16.5 Å². The lowest BCUT2D eigenvalue weighted by atomic mass is 9.82. The summed E-state index contributed by atoms with van der Waals surface area (Å²) in [4.78, 5) is 4.94. The lowest BCUT2D eigenvalue weighted by molar-refractivity contribution is 0.191. The second-order valence-electron chi connectivity index (χ2n) is 9.19. The second-order valence-corrected chi connectivity index (χ2v) is 11.0. The third kappa shape index (κ3) is 4.76. The molecule has 35 heavy (non-hydrogen) atoms. The van der Waals surface area contributed by atoms with Gasteiger partial charge in [-0.1, -0.05) is 18.2 Å². The van der Waals surface area contributed by atoms with Gasteiger partial charge in [0.05, 0.1) is 17.7 Å². The van der Waals surface area contributed by atoms with E-state index in [1.165, 1.54) is 3.97 Å². The summed E-state index contributed by atoms with van der Waals surface area (Å²) in [6, 6.07) is 11.1. The van der Waals surface area contributed by atoms with E-state index in [0.29, 0.717) is 17.6 Å². The monoisotopic (exact) mass is 493 g/mol. The van der Waals surface area contributed by atoms with Gasteiger partial charge in [0.25, 0.3) is 10.0 Å². The maximum absolute atomic E-state index is 13.5. The van der Waals surface area contributed by atoms with Crippen molar-refractivity contribution in [1.82, 2.24) is 24.1 Å². The Kier molecular flexibility index (Phi) is 6.73. The predicted molar refractivity (Wildman–Crippen MR) is 136 cm³/mol. The van der Waals surface area contributed by atoms with Crippen molar-refractivity contribution in [1.29, 1.82) is 0 Å². The zero-order valence-electron chi connectivity index (χ0n) is 20.1. The van der Waals surface area contributed by atoms with Crippen molar-refractivity contribution >= 4 is 21.1 Å². The molecule has 1 aromatic carbocycles. The van der Waals surface area contributed by atoms with Gasteiger partial charge in [-0.15, -0.1) is 0 Å². The van der Waals surface area contributed by atoms with Gasteiger partial charge in [0.2, 0.25) is 0 Å². The van der Waals surface area contributed by atoms with E-state index < -0.39 is 10.0 Å². The van der Waals surface area contributed by atoms with Gasteiger partial charge in [0.1, 0.15) is 0 Å². The Morgan fingerprint density at radius 1 is 1.09 bits per heavy atom. The van der Waals surface area contributed by atoms with Crippen molar-refractivity contribution in [2.24, 2.45) is 7.05 Å². The first-order chi connectivity index (χ1) is 17.0. The van der Waals surface area contributed by atoms with Crippen molar-refractivity contribution in [3.8, 4) is 11.1 Å². The number of fused-ring (bicyclic) bond motifs is 1. The summed E-state index contributed by atoms with van der Waals surface area (Å²) in [6.07, 6.45) is 11.5. The van der Waals surface area contributed by atoms with Crippen LogP contribution >= 0.6 is 0 Å². The first-order valence-electron chi connectivity index (χ1n) is 12.0. The molecule has 1 saturated carbocycles. The highest BCUT2D eigenvalue weighted by Crippen LogP contribution is 2.37. The van der Waals surface area contributed by atoms with Crippen LogP contribution in [0.3, 0.4) is 0 Å². The number of pyridine rings is 1. The van der Waals surface area contributed by atoms with Gasteiger partial charge in [0.15, 0.2) is 5.65 Å². The van der Waals surface area contributed by atoms with Crippen LogP contribution in [0.4, 0.5) is 0 Å². The van der Waals surface area contributed by atoms with Crippen LogP contribution in [0.15, 0.2) is 66.1 Å². The Hall–Kier alpha value is -3.01. The lowest BCUT2D eigenvalue weighted by Gasteiger charge is -2.29. The van der Waals surface area contributed by atoms with E-state index in [1.54, 1.807) is 54.5 Å². The Bertz CT molecular complexity index is 1400. The van der Waals surface area contributed by atoms with Crippen LogP contribution in [0.2, 0.25) is 0 Å². The van der Waals surface area contributed by atoms with E-state index in [0.717, 1.165) is 60.9 Å². The number of rotatable bonds is 8. The molecule has 1 aliphatic carbocycles. The average Bonchev–Trinajstić information content (AvgIpc) is 3.48. The molecule has 5 rings (SSSR count). The van der Waals surface area contributed by atoms with Crippen molar-refractivity contribution < 1.29 is 13.2 Å². The summed E-state index contributed by atoms with van der Waals surface area (Å²) in [5, 5.41) is 8.70. The molecule has 1 N–H and O–H groups in total. The number of methoxy groups -OCH3 is 1. The molecule has 1 fully saturated rings. The zero-order chi connectivity index (χ0) is 24.4. The van der Waals surface area contributed by atoms with E-state index in [1.807, 2.05) is 19.4 Å². The molecule has 0 spiro atoms. The fourth-order valence-electron chi connectivity index (χ4n) is 4.99. The molecular weight excluding hydrogens is 462 g/mol. The summed E-state index contributed by atoms with van der Waals surface area (Å²) < 4.78 is 35.2. The van der Waals surface area contributed by atoms with E-state index >= 15 is 0 Å². The Morgan fingerprint density at radius 3 is 2.54 bits per heavy atom. The SMILES string of the molecule is COCCN[C@H]1CC[C@@H](c2cnc3c(c2)c(-c2cnn(C)c2)cn3S(=O)(=O)c2ccccc2)CC1. The molecule has 0 bridgehead atoms. The second kappa shape index (κ2) is 9.93. The molecule has 0 unspecified atom stereocenters. The molecule has 0 atom stereocenters. The van der Waals surface area contributed by atoms with Gasteiger partial charge < -0.3 is 10.1 Å². The maximum Gasteiger partial charge on any atom is 0.269 e. The van der Waals surface area contributed by atoms with Crippen LogP contribution in [0, 0.1) is 0 Å². The van der Waals surface area contributed by atoms with Crippen molar-refractivity contribution in [3.05, 3.63) is 66.7 Å². The number of aromatic nitrogens is 4. The predicted octanol–water partition coefficient (Wildman–Crippen LogP) is 3.94. The topological polar surface area (TPSA) is 91.0 Å². The molecule has 9 heteroatoms. The summed E-state index contributed by atoms with van der Waals surface area (Å²) >= 11 is 0. The minimum atomic E-state index is -3.79. The summed E-state index contributed by atoms with van der Waals surface area (Å²) in [7, 11) is -0.218. The first kappa shape index (κ1) is 23.7. The van der Waals surface area contributed by atoms with Gasteiger partial charge in [-0.2, -0.15) is 5.10 Å². The van der Waals surface area contributed by atoms with E-state index in [-0.39, 0.29) is 4.90 Å². The van der Waals surface area contributed by atoms with Gasteiger partial charge >= 0.3 is 0 Å². The molecule has 3 aromatic heterocycles. The molecule has 4 aromatic rings. The molecule has 184 valence electrons. The van der Waals surface area contributed by atoms with E-state index in [4.69, 9.17) is 9.72 Å². The van der Waals surface area contributed by atoms with Crippen LogP contribution in [-0.4, -0.2) is 53.5 Å². The van der Waals surface area contributed by atoms with Gasteiger partial charge in [-0.3, -0.25) is 4.68 Å². The van der Waals surface area contributed by atoms with Crippen molar-refractivity contribution in [3.63, 3.8) is 0 Å². The molecule has 0 amide bonds. The summed E-state index contributed by atoms with van der Waals surface area (Å²) in [6.45, 7) is 1.59. The lowest BCUT2D eigenvalue weighted by Crippen LogP contribution is -2.34. The number of nitrogens with one attached hydrogen (secondary N) is 1. The fraction of sp³-hybridized carbons (Fsp3) is 0.385. The fourth-order valence-corrected chi connectivity index (χ4v) is 6.34. The van der Waals surface area contributed by atoms with Crippen LogP contribution in [0.25, 0.3) is 22.2 Å². The smallest absolute Gasteiger partial charge is 0.269 e. The highest BCUT2D eigenvalue weighted by atomic mass is 32.2. The average molecular weight is 494 g/mol. The largest absolute Gasteiger partial charge is 0.383 e. The molecule has 8 nitrogen and oxygen atoms in total. The van der Waals surface area contributed by atoms with Gasteiger partial charge in [0, 0.05) is 61.8 Å². The third-order valence-corrected chi connectivity index (χ3v) is 8.55. The zero-order valence-corrected chi connectivity index (χ0v) is 20.9. The first-order valence-corrected chi connectivity index (χ1v) is 13.4. The van der Waals surface area contributed by atoms with Crippen LogP contribution < -0.4 is 5.32 Å². The van der Waals surface area contributed by atoms with Crippen LogP contribution in [0.5, 0.6) is 0 Å². The van der Waals surface area contributed by atoms with Crippen molar-refractivity contribution in [2.45, 2.75) is 42.5 Å². The number of aryl methyl sites for hydroxylation is 1. The summed E-state index contributed by atoms with van der Waals surface area (Å²) in [5.41, 5.74) is 3.28. The number of hydrogen-bond acceptors (Lipinski definition) is 6. The van der Waals surface area contributed by atoms with Gasteiger partial charge in [-0.05, 0) is 55.4 Å². The molecular formula is C26H31N5O3S. The van der Waals surface area contributed by atoms with Gasteiger partial charge in [-0.25, -0.2) is 17.4 Å². The maximum atomic E-state index is 13.5. The minimum Gasteiger partial charge on any atom is -0.383 e. The number of nitrogens with zero attached hydrogens (tertiary/aromatic N) is 4.